The maximum Gasteiger partial charge on any atom is 0.254 e. The van der Waals surface area contributed by atoms with Crippen molar-refractivity contribution in [2.24, 2.45) is 0 Å². The maximum absolute atomic E-state index is 12.4. The summed E-state index contributed by atoms with van der Waals surface area (Å²) in [6.07, 6.45) is 4.15. The van der Waals surface area contributed by atoms with Crippen molar-refractivity contribution in [3.63, 3.8) is 0 Å². The first-order valence-corrected chi connectivity index (χ1v) is 8.58. The van der Waals surface area contributed by atoms with E-state index in [1.54, 1.807) is 44.6 Å². The summed E-state index contributed by atoms with van der Waals surface area (Å²) in [4.78, 5) is 40.1. The Bertz CT molecular complexity index is 982. The largest absolute Gasteiger partial charge is 0.481 e. The topological polar surface area (TPSA) is 97.8 Å². The number of nitrogens with zero attached hydrogens (tertiary/aromatic N) is 3. The summed E-state index contributed by atoms with van der Waals surface area (Å²) in [6.45, 7) is 1.77. The van der Waals surface area contributed by atoms with Crippen LogP contribution < -0.4 is 10.3 Å². The summed E-state index contributed by atoms with van der Waals surface area (Å²) in [7, 11) is 1.54. The molecule has 0 aliphatic carbocycles. The molecular weight excluding hydrogens is 344 g/mol. The highest BCUT2D eigenvalue weighted by atomic mass is 16.5. The van der Waals surface area contributed by atoms with Gasteiger partial charge in [-0.1, -0.05) is 12.1 Å². The molecule has 0 fully saturated rings. The second kappa shape index (κ2) is 8.35. The molecule has 0 unspecified atom stereocenters. The molecule has 3 rings (SSSR count). The lowest BCUT2D eigenvalue weighted by molar-refractivity contribution is -0.118. The number of H-pyrrole nitrogens is 1. The van der Waals surface area contributed by atoms with Gasteiger partial charge in [-0.05, 0) is 31.0 Å². The minimum Gasteiger partial charge on any atom is -0.481 e. The second-order valence-corrected chi connectivity index (χ2v) is 6.12. The Kier molecular flexibility index (Phi) is 5.71. The first-order chi connectivity index (χ1) is 13.1. The zero-order valence-electron chi connectivity index (χ0n) is 15.2. The molecule has 0 radical (unpaired) electrons. The van der Waals surface area contributed by atoms with Crippen LogP contribution in [0.4, 0.5) is 0 Å². The molecule has 3 aromatic rings. The van der Waals surface area contributed by atoms with Crippen LogP contribution >= 0.6 is 0 Å². The number of carbonyl (C=O) groups is 1. The predicted molar refractivity (Wildman–Crippen MR) is 101 cm³/mol. The van der Waals surface area contributed by atoms with E-state index in [1.807, 2.05) is 12.1 Å². The first-order valence-electron chi connectivity index (χ1n) is 8.58. The van der Waals surface area contributed by atoms with E-state index in [2.05, 4.69) is 19.9 Å². The molecule has 0 atom stereocenters. The maximum atomic E-state index is 12.4. The van der Waals surface area contributed by atoms with Crippen LogP contribution in [0.1, 0.15) is 23.2 Å². The zero-order chi connectivity index (χ0) is 19.2. The summed E-state index contributed by atoms with van der Waals surface area (Å²) in [5.74, 6) is 0.972. The van der Waals surface area contributed by atoms with Gasteiger partial charge in [-0.2, -0.15) is 0 Å². The number of ether oxygens (including phenoxy) is 1. The van der Waals surface area contributed by atoms with Crippen LogP contribution in [0.3, 0.4) is 0 Å². The molecule has 0 aliphatic rings. The smallest absolute Gasteiger partial charge is 0.254 e. The molecule has 3 heterocycles. The van der Waals surface area contributed by atoms with Gasteiger partial charge in [-0.15, -0.1) is 0 Å². The van der Waals surface area contributed by atoms with Crippen LogP contribution in [-0.4, -0.2) is 32.8 Å². The van der Waals surface area contributed by atoms with Crippen LogP contribution in [0.15, 0.2) is 47.5 Å². The summed E-state index contributed by atoms with van der Waals surface area (Å²) < 4.78 is 5.00. The number of aromatic nitrogens is 4. The second-order valence-electron chi connectivity index (χ2n) is 6.12. The minimum atomic E-state index is -0.234. The Morgan fingerprint density at radius 1 is 1.19 bits per heavy atom. The van der Waals surface area contributed by atoms with Gasteiger partial charge in [0.1, 0.15) is 11.5 Å². The van der Waals surface area contributed by atoms with Crippen LogP contribution in [0, 0.1) is 6.92 Å². The number of rotatable bonds is 7. The van der Waals surface area contributed by atoms with Crippen molar-refractivity contribution in [1.29, 1.82) is 0 Å². The van der Waals surface area contributed by atoms with Gasteiger partial charge in [0.2, 0.25) is 5.88 Å². The minimum absolute atomic E-state index is 0.0366. The first kappa shape index (κ1) is 18.4. The summed E-state index contributed by atoms with van der Waals surface area (Å²) >= 11 is 0. The number of carbonyl (C=O) groups excluding carboxylic acids is 1. The van der Waals surface area contributed by atoms with Gasteiger partial charge in [0, 0.05) is 42.6 Å². The molecule has 0 aliphatic heterocycles. The molecule has 0 spiro atoms. The number of nitrogens with one attached hydrogen (secondary N) is 1. The van der Waals surface area contributed by atoms with Crippen LogP contribution in [-0.2, 0) is 17.6 Å². The quantitative estimate of drug-likeness (QED) is 0.691. The summed E-state index contributed by atoms with van der Waals surface area (Å²) in [5, 5.41) is 0. The van der Waals surface area contributed by atoms with E-state index in [4.69, 9.17) is 4.74 Å². The molecule has 3 aromatic heterocycles. The fraction of sp³-hybridized carbons (Fsp3) is 0.250. The predicted octanol–water partition coefficient (Wildman–Crippen LogP) is 2.29. The molecular formula is C20H20N4O3. The zero-order valence-corrected chi connectivity index (χ0v) is 15.2. The Morgan fingerprint density at radius 2 is 2.04 bits per heavy atom. The number of hydrogen-bond acceptors (Lipinski definition) is 6. The third kappa shape index (κ3) is 4.63. The van der Waals surface area contributed by atoms with Gasteiger partial charge in [0.25, 0.3) is 5.56 Å². The van der Waals surface area contributed by atoms with Crippen molar-refractivity contribution in [3.8, 4) is 17.4 Å². The standard InChI is InChI=1S/C20H20N4O3/c1-13-16(20(26)24-19(23-13)17-5-3-4-10-21-17)8-7-15(25)11-14-6-9-18(27-2)22-12-14/h3-6,9-10,12H,7-8,11H2,1-2H3,(H,23,24,26). The summed E-state index contributed by atoms with van der Waals surface area (Å²) in [6, 6.07) is 8.94. The number of Topliss-reactive ketones (excluding diaryl/α,β-unsaturated/α-hetero) is 1. The van der Waals surface area contributed by atoms with Crippen LogP contribution in [0.25, 0.3) is 11.5 Å². The van der Waals surface area contributed by atoms with Crippen molar-refractivity contribution in [3.05, 3.63) is 69.9 Å². The Balaban J connectivity index is 1.66. The fourth-order valence-electron chi connectivity index (χ4n) is 2.75. The van der Waals surface area contributed by atoms with Crippen molar-refractivity contribution in [2.75, 3.05) is 7.11 Å². The molecule has 27 heavy (non-hydrogen) atoms. The number of pyridine rings is 2. The number of methoxy groups -OCH3 is 1. The highest BCUT2D eigenvalue weighted by Gasteiger charge is 2.12. The van der Waals surface area contributed by atoms with E-state index in [1.165, 1.54) is 0 Å². The normalized spacial score (nSPS) is 10.6. The van der Waals surface area contributed by atoms with E-state index in [0.717, 1.165) is 5.56 Å². The van der Waals surface area contributed by atoms with Crippen molar-refractivity contribution < 1.29 is 9.53 Å². The number of ketones is 1. The van der Waals surface area contributed by atoms with Crippen molar-refractivity contribution in [1.82, 2.24) is 19.9 Å². The van der Waals surface area contributed by atoms with Crippen molar-refractivity contribution in [2.45, 2.75) is 26.2 Å². The van der Waals surface area contributed by atoms with Gasteiger partial charge in [-0.3, -0.25) is 14.6 Å². The lowest BCUT2D eigenvalue weighted by Gasteiger charge is -2.07. The van der Waals surface area contributed by atoms with Crippen molar-refractivity contribution >= 4 is 5.78 Å². The van der Waals surface area contributed by atoms with Crippen LogP contribution in [0.5, 0.6) is 5.88 Å². The number of aromatic amines is 1. The van der Waals surface area contributed by atoms with E-state index in [9.17, 15) is 9.59 Å². The fourth-order valence-corrected chi connectivity index (χ4v) is 2.75. The monoisotopic (exact) mass is 364 g/mol. The van der Waals surface area contributed by atoms with E-state index >= 15 is 0 Å². The average molecular weight is 364 g/mol. The Hall–Kier alpha value is -3.35. The van der Waals surface area contributed by atoms with E-state index < -0.39 is 0 Å². The molecule has 1 N–H and O–H groups in total. The van der Waals surface area contributed by atoms with Gasteiger partial charge >= 0.3 is 0 Å². The third-order valence-corrected chi connectivity index (χ3v) is 4.19. The van der Waals surface area contributed by atoms with E-state index in [0.29, 0.717) is 35.1 Å². The molecule has 7 heteroatoms. The Morgan fingerprint density at radius 3 is 2.67 bits per heavy atom. The summed E-state index contributed by atoms with van der Waals surface area (Å²) in [5.41, 5.74) is 2.32. The number of hydrogen-bond donors (Lipinski definition) is 1. The molecule has 7 nitrogen and oxygen atoms in total. The SMILES string of the molecule is COc1ccc(CC(=O)CCc2c(C)nc(-c3ccccn3)[nH]c2=O)cn1. The molecule has 0 bridgehead atoms. The molecule has 0 saturated carbocycles. The highest BCUT2D eigenvalue weighted by Crippen LogP contribution is 2.13. The number of aryl methyl sites for hydroxylation is 1. The molecule has 138 valence electrons. The van der Waals surface area contributed by atoms with E-state index in [-0.39, 0.29) is 24.2 Å². The lowest BCUT2D eigenvalue weighted by Crippen LogP contribution is -2.19. The highest BCUT2D eigenvalue weighted by molar-refractivity contribution is 5.81. The third-order valence-electron chi connectivity index (χ3n) is 4.19. The molecule has 0 saturated heterocycles. The van der Waals surface area contributed by atoms with Gasteiger partial charge in [0.05, 0.1) is 7.11 Å². The van der Waals surface area contributed by atoms with Gasteiger partial charge in [-0.25, -0.2) is 9.97 Å². The molecule has 0 amide bonds. The molecule has 0 aromatic carbocycles. The van der Waals surface area contributed by atoms with Gasteiger partial charge in [0.15, 0.2) is 5.82 Å². The average Bonchev–Trinajstić information content (AvgIpc) is 2.68. The lowest BCUT2D eigenvalue weighted by atomic mass is 10.0. The van der Waals surface area contributed by atoms with Crippen LogP contribution in [0.2, 0.25) is 0 Å². The Labute approximate surface area is 156 Å². The van der Waals surface area contributed by atoms with Gasteiger partial charge < -0.3 is 9.72 Å².